The molecule has 5 heteroatoms. The Kier molecular flexibility index (Phi) is 4.88. The number of aryl methyl sites for hydroxylation is 2. The van der Waals surface area contributed by atoms with E-state index >= 15 is 0 Å². The van der Waals surface area contributed by atoms with Crippen LogP contribution < -0.4 is 5.32 Å². The fraction of sp³-hybridized carbons (Fsp3) is 0.235. The van der Waals surface area contributed by atoms with E-state index in [1.165, 1.54) is 4.90 Å². The van der Waals surface area contributed by atoms with Crippen molar-refractivity contribution < 1.29 is 9.59 Å². The average molecular weight is 297 g/mol. The zero-order chi connectivity index (χ0) is 16.1. The van der Waals surface area contributed by atoms with Gasteiger partial charge in [-0.2, -0.15) is 0 Å². The first-order valence-electron chi connectivity index (χ1n) is 7.00. The maximum Gasteiger partial charge on any atom is 0.254 e. The molecule has 0 aliphatic carbocycles. The molecule has 0 aliphatic rings. The number of nitrogens with zero attached hydrogens (tertiary/aromatic N) is 2. The van der Waals surface area contributed by atoms with E-state index in [0.29, 0.717) is 11.4 Å². The Hall–Kier alpha value is -2.69. The number of benzene rings is 1. The number of hydrogen-bond acceptors (Lipinski definition) is 3. The van der Waals surface area contributed by atoms with Crippen LogP contribution in [0.4, 0.5) is 5.82 Å². The highest BCUT2D eigenvalue weighted by Crippen LogP contribution is 2.08. The number of likely N-dealkylation sites (N-methyl/N-ethyl adjacent to an activating group) is 1. The van der Waals surface area contributed by atoms with Crippen LogP contribution in [0.5, 0.6) is 0 Å². The molecule has 0 aliphatic heterocycles. The van der Waals surface area contributed by atoms with Crippen LogP contribution in [0.15, 0.2) is 42.6 Å². The van der Waals surface area contributed by atoms with Gasteiger partial charge in [0.25, 0.3) is 5.91 Å². The van der Waals surface area contributed by atoms with E-state index < -0.39 is 0 Å². The summed E-state index contributed by atoms with van der Waals surface area (Å²) in [5.74, 6) is 0.0228. The molecule has 0 radical (unpaired) electrons. The summed E-state index contributed by atoms with van der Waals surface area (Å²) in [5, 5.41) is 2.69. The van der Waals surface area contributed by atoms with Crippen molar-refractivity contribution in [3.63, 3.8) is 0 Å². The molecule has 0 bridgehead atoms. The number of nitrogens with one attached hydrogen (secondary N) is 1. The summed E-state index contributed by atoms with van der Waals surface area (Å²) in [4.78, 5) is 29.7. The lowest BCUT2D eigenvalue weighted by Crippen LogP contribution is -2.35. The molecular weight excluding hydrogens is 278 g/mol. The second-order valence-electron chi connectivity index (χ2n) is 5.29. The number of anilines is 1. The lowest BCUT2D eigenvalue weighted by Gasteiger charge is -2.16. The standard InChI is InChI=1S/C17H19N3O2/c1-12-4-6-14(7-5-12)17(22)20(3)11-16(21)19-15-10-13(2)8-9-18-15/h4-10H,11H2,1-3H3,(H,18,19,21). The fourth-order valence-electron chi connectivity index (χ4n) is 1.99. The Labute approximate surface area is 130 Å². The van der Waals surface area contributed by atoms with Gasteiger partial charge in [0.05, 0.1) is 6.54 Å². The van der Waals surface area contributed by atoms with Crippen LogP contribution in [-0.4, -0.2) is 35.3 Å². The first-order chi connectivity index (χ1) is 10.5. The van der Waals surface area contributed by atoms with Crippen molar-refractivity contribution in [2.45, 2.75) is 13.8 Å². The van der Waals surface area contributed by atoms with E-state index in [9.17, 15) is 9.59 Å². The molecule has 5 nitrogen and oxygen atoms in total. The zero-order valence-corrected chi connectivity index (χ0v) is 13.0. The number of rotatable bonds is 4. The second kappa shape index (κ2) is 6.85. The highest BCUT2D eigenvalue weighted by molar-refractivity contribution is 5.98. The minimum Gasteiger partial charge on any atom is -0.332 e. The molecule has 1 heterocycles. The van der Waals surface area contributed by atoms with E-state index in [2.05, 4.69) is 10.3 Å². The van der Waals surface area contributed by atoms with Crippen LogP contribution in [0.1, 0.15) is 21.5 Å². The van der Waals surface area contributed by atoms with Crippen LogP contribution >= 0.6 is 0 Å². The van der Waals surface area contributed by atoms with E-state index in [-0.39, 0.29) is 18.4 Å². The third-order valence-corrected chi connectivity index (χ3v) is 3.21. The number of carbonyl (C=O) groups is 2. The molecule has 2 aromatic rings. The van der Waals surface area contributed by atoms with Crippen molar-refractivity contribution in [1.82, 2.24) is 9.88 Å². The third kappa shape index (κ3) is 4.15. The first kappa shape index (κ1) is 15.7. The zero-order valence-electron chi connectivity index (χ0n) is 13.0. The molecule has 0 spiro atoms. The van der Waals surface area contributed by atoms with Gasteiger partial charge in [-0.25, -0.2) is 4.98 Å². The minimum absolute atomic E-state index is 0.0255. The van der Waals surface area contributed by atoms with Gasteiger partial charge in [0.1, 0.15) is 5.82 Å². The van der Waals surface area contributed by atoms with Gasteiger partial charge in [0.2, 0.25) is 5.91 Å². The predicted molar refractivity (Wildman–Crippen MR) is 85.7 cm³/mol. The van der Waals surface area contributed by atoms with Crippen molar-refractivity contribution in [2.24, 2.45) is 0 Å². The normalized spacial score (nSPS) is 10.1. The van der Waals surface area contributed by atoms with Crippen molar-refractivity contribution in [1.29, 1.82) is 0 Å². The number of aromatic nitrogens is 1. The predicted octanol–water partition coefficient (Wildman–Crippen LogP) is 2.41. The lowest BCUT2D eigenvalue weighted by molar-refractivity contribution is -0.116. The van der Waals surface area contributed by atoms with E-state index in [4.69, 9.17) is 0 Å². The number of carbonyl (C=O) groups excluding carboxylic acids is 2. The van der Waals surface area contributed by atoms with Crippen LogP contribution in [0.3, 0.4) is 0 Å². The third-order valence-electron chi connectivity index (χ3n) is 3.21. The topological polar surface area (TPSA) is 62.3 Å². The second-order valence-corrected chi connectivity index (χ2v) is 5.29. The molecular formula is C17H19N3O2. The molecule has 0 saturated heterocycles. The lowest BCUT2D eigenvalue weighted by atomic mass is 10.1. The summed E-state index contributed by atoms with van der Waals surface area (Å²) in [6.07, 6.45) is 1.63. The summed E-state index contributed by atoms with van der Waals surface area (Å²) in [7, 11) is 1.60. The Morgan fingerprint density at radius 3 is 2.41 bits per heavy atom. The van der Waals surface area contributed by atoms with Gasteiger partial charge in [-0.15, -0.1) is 0 Å². The fourth-order valence-corrected chi connectivity index (χ4v) is 1.99. The maximum atomic E-state index is 12.2. The van der Waals surface area contributed by atoms with Crippen LogP contribution in [0.25, 0.3) is 0 Å². The maximum absolute atomic E-state index is 12.2. The van der Waals surface area contributed by atoms with Gasteiger partial charge < -0.3 is 10.2 Å². The van der Waals surface area contributed by atoms with Crippen LogP contribution in [0, 0.1) is 13.8 Å². The van der Waals surface area contributed by atoms with Crippen molar-refractivity contribution in [3.05, 3.63) is 59.3 Å². The molecule has 0 saturated carbocycles. The van der Waals surface area contributed by atoms with E-state index in [1.54, 1.807) is 31.4 Å². The number of amides is 2. The van der Waals surface area contributed by atoms with Gasteiger partial charge in [0.15, 0.2) is 0 Å². The Balaban J connectivity index is 1.96. The smallest absolute Gasteiger partial charge is 0.254 e. The van der Waals surface area contributed by atoms with Gasteiger partial charge in [-0.05, 0) is 43.7 Å². The number of pyridine rings is 1. The molecule has 0 atom stereocenters. The largest absolute Gasteiger partial charge is 0.332 e. The molecule has 1 aromatic heterocycles. The summed E-state index contributed by atoms with van der Waals surface area (Å²) in [6, 6.07) is 10.9. The molecule has 114 valence electrons. The van der Waals surface area contributed by atoms with Gasteiger partial charge in [-0.3, -0.25) is 9.59 Å². The van der Waals surface area contributed by atoms with Gasteiger partial charge >= 0.3 is 0 Å². The van der Waals surface area contributed by atoms with Crippen LogP contribution in [-0.2, 0) is 4.79 Å². The van der Waals surface area contributed by atoms with Gasteiger partial charge in [0, 0.05) is 18.8 Å². The summed E-state index contributed by atoms with van der Waals surface area (Å²) in [5.41, 5.74) is 2.66. The van der Waals surface area contributed by atoms with Crippen LogP contribution in [0.2, 0.25) is 0 Å². The van der Waals surface area contributed by atoms with E-state index in [0.717, 1.165) is 11.1 Å². The summed E-state index contributed by atoms with van der Waals surface area (Å²) in [6.45, 7) is 3.85. The van der Waals surface area contributed by atoms with Crippen molar-refractivity contribution in [2.75, 3.05) is 18.9 Å². The molecule has 0 unspecified atom stereocenters. The van der Waals surface area contributed by atoms with E-state index in [1.807, 2.05) is 32.0 Å². The highest BCUT2D eigenvalue weighted by atomic mass is 16.2. The number of hydrogen-bond donors (Lipinski definition) is 1. The molecule has 22 heavy (non-hydrogen) atoms. The average Bonchev–Trinajstić information content (AvgIpc) is 2.47. The van der Waals surface area contributed by atoms with Crippen molar-refractivity contribution >= 4 is 17.6 Å². The molecule has 2 rings (SSSR count). The molecule has 0 fully saturated rings. The minimum atomic E-state index is -0.277. The summed E-state index contributed by atoms with van der Waals surface area (Å²) < 4.78 is 0. The SMILES string of the molecule is Cc1ccc(C(=O)N(C)CC(=O)Nc2cc(C)ccn2)cc1. The quantitative estimate of drug-likeness (QED) is 0.942. The monoisotopic (exact) mass is 297 g/mol. The molecule has 1 N–H and O–H groups in total. The van der Waals surface area contributed by atoms with Gasteiger partial charge in [-0.1, -0.05) is 17.7 Å². The summed E-state index contributed by atoms with van der Waals surface area (Å²) >= 11 is 0. The van der Waals surface area contributed by atoms with Crippen molar-refractivity contribution in [3.8, 4) is 0 Å². The Morgan fingerprint density at radius 1 is 1.09 bits per heavy atom. The Bertz CT molecular complexity index is 681. The molecule has 2 amide bonds. The highest BCUT2D eigenvalue weighted by Gasteiger charge is 2.15. The molecule has 1 aromatic carbocycles. The first-order valence-corrected chi connectivity index (χ1v) is 7.00. The Morgan fingerprint density at radius 2 is 1.77 bits per heavy atom.